The van der Waals surface area contributed by atoms with Gasteiger partial charge in [-0.3, -0.25) is 4.39 Å². The number of imidazole rings is 1. The molecule has 4 nitrogen and oxygen atoms in total. The maximum atomic E-state index is 12.5. The van der Waals surface area contributed by atoms with Crippen LogP contribution in [0.1, 0.15) is 5.56 Å². The van der Waals surface area contributed by atoms with Gasteiger partial charge >= 0.3 is 0 Å². The Bertz CT molecular complexity index is 829. The molecule has 2 aromatic heterocycles. The predicted octanol–water partition coefficient (Wildman–Crippen LogP) is 3.28. The third kappa shape index (κ3) is 2.28. The summed E-state index contributed by atoms with van der Waals surface area (Å²) >= 11 is 0. The average Bonchev–Trinajstić information content (AvgIpc) is 2.98. The molecule has 5 heteroatoms. The highest BCUT2D eigenvalue weighted by Gasteiger charge is 2.13. The van der Waals surface area contributed by atoms with E-state index in [-0.39, 0.29) is 6.67 Å². The molecule has 0 amide bonds. The number of aryl methyl sites for hydroxylation is 1. The molecule has 0 fully saturated rings. The third-order valence-corrected chi connectivity index (χ3v) is 3.75. The zero-order valence-corrected chi connectivity index (χ0v) is 12.0. The number of pyridine rings is 1. The zero-order chi connectivity index (χ0) is 14.9. The van der Waals surface area contributed by atoms with Crippen LogP contribution in [0.5, 0.6) is 11.5 Å². The molecule has 22 heavy (non-hydrogen) atoms. The summed E-state index contributed by atoms with van der Waals surface area (Å²) in [5, 5.41) is 0. The number of nitrogens with zero attached hydrogens (tertiary/aromatic N) is 2. The van der Waals surface area contributed by atoms with E-state index in [1.807, 2.05) is 47.1 Å². The highest BCUT2D eigenvalue weighted by molar-refractivity contribution is 5.66. The van der Waals surface area contributed by atoms with Crippen LogP contribution < -0.4 is 9.47 Å². The van der Waals surface area contributed by atoms with E-state index in [2.05, 4.69) is 4.98 Å². The summed E-state index contributed by atoms with van der Waals surface area (Å²) in [5.74, 6) is 1.52. The van der Waals surface area contributed by atoms with Crippen LogP contribution in [0.2, 0.25) is 0 Å². The van der Waals surface area contributed by atoms with E-state index in [4.69, 9.17) is 9.47 Å². The van der Waals surface area contributed by atoms with Crippen LogP contribution in [0.3, 0.4) is 0 Å². The molecular formula is C17H15FN2O2. The first-order valence-corrected chi connectivity index (χ1v) is 7.27. The minimum Gasteiger partial charge on any atom is -0.486 e. The van der Waals surface area contributed by atoms with Crippen molar-refractivity contribution in [2.45, 2.75) is 6.42 Å². The van der Waals surface area contributed by atoms with Crippen molar-refractivity contribution in [3.8, 4) is 22.8 Å². The molecule has 112 valence electrons. The van der Waals surface area contributed by atoms with E-state index in [0.717, 1.165) is 34.0 Å². The Morgan fingerprint density at radius 3 is 2.82 bits per heavy atom. The standard InChI is InChI=1S/C17H15FN2O2/c18-5-3-12-4-6-20-11-14(19-17(20)9-12)13-1-2-15-16(10-13)22-8-7-21-15/h1-2,4,6,9-11H,3,5,7-8H2. The molecule has 0 atom stereocenters. The normalized spacial score (nSPS) is 13.5. The van der Waals surface area contributed by atoms with Crippen LogP contribution in [-0.4, -0.2) is 29.3 Å². The van der Waals surface area contributed by atoms with E-state index in [9.17, 15) is 4.39 Å². The van der Waals surface area contributed by atoms with E-state index >= 15 is 0 Å². The summed E-state index contributed by atoms with van der Waals surface area (Å²) in [6.07, 6.45) is 4.29. The summed E-state index contributed by atoms with van der Waals surface area (Å²) in [5.41, 5.74) is 3.60. The van der Waals surface area contributed by atoms with Crippen LogP contribution in [0.15, 0.2) is 42.7 Å². The number of benzene rings is 1. The summed E-state index contributed by atoms with van der Waals surface area (Å²) in [4.78, 5) is 4.62. The van der Waals surface area contributed by atoms with Gasteiger partial charge in [-0.05, 0) is 35.9 Å². The van der Waals surface area contributed by atoms with Crippen LogP contribution >= 0.6 is 0 Å². The number of hydrogen-bond acceptors (Lipinski definition) is 3. The van der Waals surface area contributed by atoms with Crippen LogP contribution in [0.25, 0.3) is 16.9 Å². The smallest absolute Gasteiger partial charge is 0.162 e. The zero-order valence-electron chi connectivity index (χ0n) is 12.0. The first kappa shape index (κ1) is 13.1. The van der Waals surface area contributed by atoms with Crippen molar-refractivity contribution in [1.29, 1.82) is 0 Å². The first-order chi connectivity index (χ1) is 10.8. The van der Waals surface area contributed by atoms with Crippen molar-refractivity contribution >= 4 is 5.65 Å². The molecule has 1 aliphatic rings. The average molecular weight is 298 g/mol. The Morgan fingerprint density at radius 1 is 1.09 bits per heavy atom. The van der Waals surface area contributed by atoms with Gasteiger partial charge in [0.25, 0.3) is 0 Å². The minimum atomic E-state index is -0.355. The van der Waals surface area contributed by atoms with Crippen molar-refractivity contribution in [1.82, 2.24) is 9.38 Å². The molecule has 0 unspecified atom stereocenters. The molecule has 0 saturated carbocycles. The van der Waals surface area contributed by atoms with Crippen molar-refractivity contribution in [2.24, 2.45) is 0 Å². The fourth-order valence-corrected chi connectivity index (χ4v) is 2.63. The van der Waals surface area contributed by atoms with E-state index in [1.54, 1.807) is 0 Å². The number of halogens is 1. The summed E-state index contributed by atoms with van der Waals surface area (Å²) in [6, 6.07) is 9.65. The molecule has 1 aliphatic heterocycles. The third-order valence-electron chi connectivity index (χ3n) is 3.75. The van der Waals surface area contributed by atoms with Crippen LogP contribution in [0, 0.1) is 0 Å². The van der Waals surface area contributed by atoms with Crippen molar-refractivity contribution in [3.63, 3.8) is 0 Å². The Labute approximate surface area is 127 Å². The van der Waals surface area contributed by atoms with Gasteiger partial charge in [-0.1, -0.05) is 0 Å². The van der Waals surface area contributed by atoms with Gasteiger partial charge in [0.2, 0.25) is 0 Å². The molecule has 0 saturated heterocycles. The highest BCUT2D eigenvalue weighted by Crippen LogP contribution is 2.34. The van der Waals surface area contributed by atoms with Crippen LogP contribution in [-0.2, 0) is 6.42 Å². The lowest BCUT2D eigenvalue weighted by Crippen LogP contribution is -2.15. The Hall–Kier alpha value is -2.56. The minimum absolute atomic E-state index is 0.355. The van der Waals surface area contributed by atoms with Crippen molar-refractivity contribution in [3.05, 3.63) is 48.3 Å². The van der Waals surface area contributed by atoms with Gasteiger partial charge in [0.15, 0.2) is 11.5 Å². The SMILES string of the molecule is FCCc1ccn2cc(-c3ccc4c(c3)OCCO4)nc2c1. The first-order valence-electron chi connectivity index (χ1n) is 7.27. The molecule has 4 rings (SSSR count). The second-order valence-corrected chi connectivity index (χ2v) is 5.22. The lowest BCUT2D eigenvalue weighted by atomic mass is 10.1. The van der Waals surface area contributed by atoms with Gasteiger partial charge in [0, 0.05) is 24.4 Å². The molecule has 0 aliphatic carbocycles. The molecule has 0 bridgehead atoms. The van der Waals surface area contributed by atoms with E-state index in [1.165, 1.54) is 0 Å². The summed E-state index contributed by atoms with van der Waals surface area (Å²) < 4.78 is 25.5. The fraction of sp³-hybridized carbons (Fsp3) is 0.235. The Kier molecular flexibility index (Phi) is 3.18. The Balaban J connectivity index is 1.74. The second-order valence-electron chi connectivity index (χ2n) is 5.22. The molecule has 1 aromatic carbocycles. The highest BCUT2D eigenvalue weighted by atomic mass is 19.1. The van der Waals surface area contributed by atoms with Gasteiger partial charge in [-0.15, -0.1) is 0 Å². The lowest BCUT2D eigenvalue weighted by molar-refractivity contribution is 0.171. The number of alkyl halides is 1. The number of aromatic nitrogens is 2. The largest absolute Gasteiger partial charge is 0.486 e. The molecule has 3 aromatic rings. The summed E-state index contributed by atoms with van der Waals surface area (Å²) in [6.45, 7) is 0.790. The molecule has 3 heterocycles. The van der Waals surface area contributed by atoms with Gasteiger partial charge in [-0.25, -0.2) is 4.98 Å². The number of hydrogen-bond donors (Lipinski definition) is 0. The predicted molar refractivity (Wildman–Crippen MR) is 81.3 cm³/mol. The molecule has 0 N–H and O–H groups in total. The fourth-order valence-electron chi connectivity index (χ4n) is 2.63. The number of ether oxygens (including phenoxy) is 2. The molecular weight excluding hydrogens is 283 g/mol. The number of fused-ring (bicyclic) bond motifs is 2. The summed E-state index contributed by atoms with van der Waals surface area (Å²) in [7, 11) is 0. The second kappa shape index (κ2) is 5.33. The van der Waals surface area contributed by atoms with Gasteiger partial charge in [0.05, 0.1) is 12.4 Å². The topological polar surface area (TPSA) is 35.8 Å². The van der Waals surface area contributed by atoms with E-state index < -0.39 is 0 Å². The maximum Gasteiger partial charge on any atom is 0.162 e. The lowest BCUT2D eigenvalue weighted by Gasteiger charge is -2.18. The monoisotopic (exact) mass is 298 g/mol. The van der Waals surface area contributed by atoms with E-state index in [0.29, 0.717) is 19.6 Å². The number of rotatable bonds is 3. The van der Waals surface area contributed by atoms with Crippen LogP contribution in [0.4, 0.5) is 4.39 Å². The Morgan fingerprint density at radius 2 is 1.95 bits per heavy atom. The van der Waals surface area contributed by atoms with Gasteiger partial charge < -0.3 is 13.9 Å². The maximum absolute atomic E-state index is 12.5. The van der Waals surface area contributed by atoms with Crippen molar-refractivity contribution in [2.75, 3.05) is 19.9 Å². The van der Waals surface area contributed by atoms with Gasteiger partial charge in [-0.2, -0.15) is 0 Å². The van der Waals surface area contributed by atoms with Crippen molar-refractivity contribution < 1.29 is 13.9 Å². The molecule has 0 radical (unpaired) electrons. The van der Waals surface area contributed by atoms with Gasteiger partial charge in [0.1, 0.15) is 18.9 Å². The molecule has 0 spiro atoms. The quantitative estimate of drug-likeness (QED) is 0.744.